The highest BCUT2D eigenvalue weighted by Crippen LogP contribution is 2.17. The number of carbonyl (C=O) groups is 2. The molecule has 176 valence electrons. The number of alkyl carbamates (subject to hydrolysis) is 1. The number of unbranched alkanes of at least 4 members (excludes halogenated alkanes) is 2. The van der Waals surface area contributed by atoms with Crippen molar-refractivity contribution in [3.63, 3.8) is 0 Å². The Bertz CT molecular complexity index is 966. The molecule has 1 aromatic carbocycles. The van der Waals surface area contributed by atoms with E-state index in [0.717, 1.165) is 40.9 Å². The van der Waals surface area contributed by atoms with Gasteiger partial charge < -0.3 is 19.4 Å². The summed E-state index contributed by atoms with van der Waals surface area (Å²) in [6.07, 6.45) is 2.16. The Morgan fingerprint density at radius 3 is 2.41 bits per heavy atom. The zero-order valence-electron chi connectivity index (χ0n) is 20.0. The van der Waals surface area contributed by atoms with Crippen molar-refractivity contribution >= 4 is 29.1 Å². The number of hydrogen-bond acceptors (Lipinski definition) is 6. The molecule has 0 aliphatic carbocycles. The minimum absolute atomic E-state index is 0.328. The molecule has 2 rings (SSSR count). The number of nitrogens with one attached hydrogen (secondary N) is 1. The fourth-order valence-electron chi connectivity index (χ4n) is 3.21. The molecule has 8 heteroatoms. The Morgan fingerprint density at radius 1 is 1.09 bits per heavy atom. The van der Waals surface area contributed by atoms with Gasteiger partial charge in [0.2, 0.25) is 0 Å². The largest absolute Gasteiger partial charge is 0.461 e. The van der Waals surface area contributed by atoms with Gasteiger partial charge in [-0.15, -0.1) is 11.3 Å². The molecule has 0 saturated heterocycles. The standard InChI is InChI=1S/C24H35N3O4S/c1-7-30-21(28)20-16-32-22(26-19-14-17(2)13-18(3)15-19)27(20)12-10-8-9-11-25-23(29)31-24(4,5)6/h13-16H,7-12H2,1-6H3,(H,25,29). The zero-order chi connectivity index (χ0) is 23.7. The van der Waals surface area contributed by atoms with Gasteiger partial charge in [-0.2, -0.15) is 0 Å². The highest BCUT2D eigenvalue weighted by Gasteiger charge is 2.16. The molecule has 0 spiro atoms. The summed E-state index contributed by atoms with van der Waals surface area (Å²) in [6.45, 7) is 12.9. The summed E-state index contributed by atoms with van der Waals surface area (Å²) in [4.78, 5) is 29.7. The molecule has 0 unspecified atom stereocenters. The van der Waals surface area contributed by atoms with Crippen LogP contribution < -0.4 is 10.1 Å². The maximum atomic E-state index is 12.4. The van der Waals surface area contributed by atoms with E-state index >= 15 is 0 Å². The molecule has 32 heavy (non-hydrogen) atoms. The monoisotopic (exact) mass is 461 g/mol. The summed E-state index contributed by atoms with van der Waals surface area (Å²) < 4.78 is 12.4. The van der Waals surface area contributed by atoms with Gasteiger partial charge in [-0.05, 0) is 84.1 Å². The predicted octanol–water partition coefficient (Wildman–Crippen LogP) is 5.27. The van der Waals surface area contributed by atoms with Crippen LogP contribution in [-0.2, 0) is 16.0 Å². The minimum Gasteiger partial charge on any atom is -0.461 e. The molecular formula is C24H35N3O4S. The molecule has 1 N–H and O–H groups in total. The van der Waals surface area contributed by atoms with Crippen LogP contribution in [0.2, 0.25) is 0 Å². The lowest BCUT2D eigenvalue weighted by Gasteiger charge is -2.19. The van der Waals surface area contributed by atoms with E-state index in [-0.39, 0.29) is 5.97 Å². The molecule has 1 heterocycles. The van der Waals surface area contributed by atoms with Crippen molar-refractivity contribution in [1.29, 1.82) is 0 Å². The van der Waals surface area contributed by atoms with E-state index < -0.39 is 11.7 Å². The average molecular weight is 462 g/mol. The molecular weight excluding hydrogens is 426 g/mol. The normalized spacial score (nSPS) is 12.0. The SMILES string of the molecule is CCOC(=O)c1csc(=Nc2cc(C)cc(C)c2)n1CCCCCNC(=O)OC(C)(C)C. The van der Waals surface area contributed by atoms with Gasteiger partial charge in [0.15, 0.2) is 4.80 Å². The number of rotatable bonds is 9. The van der Waals surface area contributed by atoms with E-state index in [0.29, 0.717) is 25.4 Å². The van der Waals surface area contributed by atoms with Gasteiger partial charge in [0.25, 0.3) is 0 Å². The van der Waals surface area contributed by atoms with Gasteiger partial charge >= 0.3 is 12.1 Å². The first-order valence-corrected chi connectivity index (χ1v) is 11.9. The maximum absolute atomic E-state index is 12.4. The van der Waals surface area contributed by atoms with Crippen molar-refractivity contribution in [3.8, 4) is 0 Å². The summed E-state index contributed by atoms with van der Waals surface area (Å²) in [6, 6.07) is 6.17. The van der Waals surface area contributed by atoms with Crippen LogP contribution >= 0.6 is 11.3 Å². The zero-order valence-corrected chi connectivity index (χ0v) is 20.8. The predicted molar refractivity (Wildman–Crippen MR) is 127 cm³/mol. The van der Waals surface area contributed by atoms with Crippen molar-refractivity contribution in [1.82, 2.24) is 9.88 Å². The molecule has 1 aromatic heterocycles. The first-order chi connectivity index (χ1) is 15.1. The number of aromatic nitrogens is 1. The number of amides is 1. The number of ether oxygens (including phenoxy) is 2. The van der Waals surface area contributed by atoms with E-state index in [1.807, 2.05) is 56.7 Å². The Balaban J connectivity index is 2.05. The quantitative estimate of drug-likeness (QED) is 0.407. The second-order valence-electron chi connectivity index (χ2n) is 8.72. The van der Waals surface area contributed by atoms with Crippen molar-refractivity contribution in [3.05, 3.63) is 45.2 Å². The van der Waals surface area contributed by atoms with Gasteiger partial charge in [0.1, 0.15) is 11.3 Å². The lowest BCUT2D eigenvalue weighted by atomic mass is 10.1. The highest BCUT2D eigenvalue weighted by molar-refractivity contribution is 7.07. The third-order valence-electron chi connectivity index (χ3n) is 4.44. The molecule has 0 bridgehead atoms. The van der Waals surface area contributed by atoms with Crippen LogP contribution in [0.1, 0.15) is 68.6 Å². The van der Waals surface area contributed by atoms with E-state index in [1.165, 1.54) is 11.3 Å². The first kappa shape index (κ1) is 25.6. The smallest absolute Gasteiger partial charge is 0.407 e. The van der Waals surface area contributed by atoms with E-state index in [1.54, 1.807) is 6.92 Å². The number of thiazole rings is 1. The van der Waals surface area contributed by atoms with Crippen LogP contribution in [-0.4, -0.2) is 35.4 Å². The summed E-state index contributed by atoms with van der Waals surface area (Å²) in [5.41, 5.74) is 3.19. The molecule has 0 saturated carbocycles. The van der Waals surface area contributed by atoms with Crippen LogP contribution in [0.15, 0.2) is 28.6 Å². The highest BCUT2D eigenvalue weighted by atomic mass is 32.1. The fourth-order valence-corrected chi connectivity index (χ4v) is 4.12. The van der Waals surface area contributed by atoms with Gasteiger partial charge in [-0.25, -0.2) is 14.6 Å². The number of nitrogens with zero attached hydrogens (tertiary/aromatic N) is 2. The summed E-state index contributed by atoms with van der Waals surface area (Å²) >= 11 is 1.44. The Hall–Kier alpha value is -2.61. The maximum Gasteiger partial charge on any atom is 0.407 e. The van der Waals surface area contributed by atoms with Crippen molar-refractivity contribution < 1.29 is 19.1 Å². The van der Waals surface area contributed by atoms with Gasteiger partial charge in [0, 0.05) is 18.5 Å². The lowest BCUT2D eigenvalue weighted by Crippen LogP contribution is -2.33. The van der Waals surface area contributed by atoms with Gasteiger partial charge in [0.05, 0.1) is 12.3 Å². The fraction of sp³-hybridized carbons (Fsp3) is 0.542. The summed E-state index contributed by atoms with van der Waals surface area (Å²) in [5, 5.41) is 4.58. The van der Waals surface area contributed by atoms with Crippen molar-refractivity contribution in [2.75, 3.05) is 13.2 Å². The third-order valence-corrected chi connectivity index (χ3v) is 5.30. The van der Waals surface area contributed by atoms with Crippen LogP contribution in [0.4, 0.5) is 10.5 Å². The molecule has 0 radical (unpaired) electrons. The minimum atomic E-state index is -0.501. The Morgan fingerprint density at radius 2 is 1.78 bits per heavy atom. The second-order valence-corrected chi connectivity index (χ2v) is 9.56. The molecule has 0 aliphatic rings. The molecule has 0 fully saturated rings. The number of carbonyl (C=O) groups excluding carboxylic acids is 2. The van der Waals surface area contributed by atoms with Gasteiger partial charge in [-0.1, -0.05) is 6.07 Å². The Labute approximate surface area is 194 Å². The molecule has 7 nitrogen and oxygen atoms in total. The first-order valence-electron chi connectivity index (χ1n) is 11.0. The van der Waals surface area contributed by atoms with Crippen molar-refractivity contribution in [2.45, 2.75) is 73.0 Å². The topological polar surface area (TPSA) is 81.9 Å². The van der Waals surface area contributed by atoms with Gasteiger partial charge in [-0.3, -0.25) is 0 Å². The third kappa shape index (κ3) is 8.49. The number of benzene rings is 1. The lowest BCUT2D eigenvalue weighted by molar-refractivity contribution is 0.0506. The average Bonchev–Trinajstić information content (AvgIpc) is 3.05. The van der Waals surface area contributed by atoms with Crippen molar-refractivity contribution in [2.24, 2.45) is 4.99 Å². The number of hydrogen-bond donors (Lipinski definition) is 1. The number of aryl methyl sites for hydroxylation is 2. The van der Waals surface area contributed by atoms with Crippen LogP contribution in [0.5, 0.6) is 0 Å². The summed E-state index contributed by atoms with van der Waals surface area (Å²) in [5.74, 6) is -0.336. The molecule has 2 aromatic rings. The van der Waals surface area contributed by atoms with E-state index in [4.69, 9.17) is 14.5 Å². The Kier molecular flexibility index (Phi) is 9.50. The summed E-state index contributed by atoms with van der Waals surface area (Å²) in [7, 11) is 0. The molecule has 0 atom stereocenters. The van der Waals surface area contributed by atoms with E-state index in [2.05, 4.69) is 11.4 Å². The van der Waals surface area contributed by atoms with E-state index in [9.17, 15) is 9.59 Å². The molecule has 1 amide bonds. The van der Waals surface area contributed by atoms with Crippen LogP contribution in [0.25, 0.3) is 0 Å². The number of esters is 1. The molecule has 0 aliphatic heterocycles. The van der Waals surface area contributed by atoms with Crippen LogP contribution in [0.3, 0.4) is 0 Å². The van der Waals surface area contributed by atoms with Crippen LogP contribution in [0, 0.1) is 13.8 Å². The second kappa shape index (κ2) is 11.9.